The number of aryl methyl sites for hydroxylation is 1. The van der Waals surface area contributed by atoms with Crippen molar-refractivity contribution in [2.75, 3.05) is 0 Å². The highest BCUT2D eigenvalue weighted by molar-refractivity contribution is 7.92. The average molecular weight is 322 g/mol. The quantitative estimate of drug-likeness (QED) is 0.945. The van der Waals surface area contributed by atoms with Crippen LogP contribution in [0.5, 0.6) is 0 Å². The van der Waals surface area contributed by atoms with Crippen LogP contribution in [0.1, 0.15) is 17.0 Å². The number of benzene rings is 2. The number of nitrogens with two attached hydrogens (primary N) is 1. The molecule has 5 heteroatoms. The summed E-state index contributed by atoms with van der Waals surface area (Å²) in [5, 5.41) is 0.0762. The second kappa shape index (κ2) is 5.13. The van der Waals surface area contributed by atoms with Gasteiger partial charge in [0.25, 0.3) is 0 Å². The van der Waals surface area contributed by atoms with Gasteiger partial charge in [0.05, 0.1) is 10.1 Å². The standard InChI is InChI=1S/C16H16ClNO2S/c1-10-2-8-13(9-3-10)21(19,20)16-14(15(16)18)11-4-6-12(17)7-5-11/h2-9,14-16H,18H2,1H3/t14-,15-,16-/m0/s1. The van der Waals surface area contributed by atoms with Crippen molar-refractivity contribution in [1.29, 1.82) is 0 Å². The predicted octanol–water partition coefficient (Wildman–Crippen LogP) is 2.92. The number of sulfone groups is 1. The first-order chi connectivity index (χ1) is 9.91. The molecule has 21 heavy (non-hydrogen) atoms. The SMILES string of the molecule is Cc1ccc(S(=O)(=O)[C@@H]2[C@@H](N)[C@@H]2c2ccc(Cl)cc2)cc1. The van der Waals surface area contributed by atoms with Crippen molar-refractivity contribution >= 4 is 21.4 Å². The first-order valence-electron chi connectivity index (χ1n) is 6.73. The van der Waals surface area contributed by atoms with Gasteiger partial charge in [0.15, 0.2) is 9.84 Å². The van der Waals surface area contributed by atoms with E-state index in [1.54, 1.807) is 36.4 Å². The van der Waals surface area contributed by atoms with E-state index in [-0.39, 0.29) is 12.0 Å². The monoisotopic (exact) mass is 321 g/mol. The molecule has 110 valence electrons. The Morgan fingerprint density at radius 1 is 1.00 bits per heavy atom. The number of hydrogen-bond donors (Lipinski definition) is 1. The Morgan fingerprint density at radius 2 is 1.57 bits per heavy atom. The van der Waals surface area contributed by atoms with Gasteiger partial charge in [-0.05, 0) is 36.8 Å². The molecule has 3 rings (SSSR count). The predicted molar refractivity (Wildman–Crippen MR) is 84.3 cm³/mol. The molecule has 0 saturated heterocycles. The van der Waals surface area contributed by atoms with Gasteiger partial charge in [-0.1, -0.05) is 41.4 Å². The molecular formula is C16H16ClNO2S. The Balaban J connectivity index is 1.91. The molecule has 1 aliphatic rings. The van der Waals surface area contributed by atoms with E-state index >= 15 is 0 Å². The lowest BCUT2D eigenvalue weighted by molar-refractivity contribution is 0.593. The fraction of sp³-hybridized carbons (Fsp3) is 0.250. The highest BCUT2D eigenvalue weighted by atomic mass is 35.5. The molecule has 1 saturated carbocycles. The minimum atomic E-state index is -3.40. The second-order valence-corrected chi connectivity index (χ2v) is 8.02. The van der Waals surface area contributed by atoms with Crippen LogP contribution in [0.3, 0.4) is 0 Å². The Kier molecular flexibility index (Phi) is 3.56. The van der Waals surface area contributed by atoms with E-state index in [4.69, 9.17) is 17.3 Å². The molecule has 2 N–H and O–H groups in total. The Labute approximate surface area is 129 Å². The van der Waals surface area contributed by atoms with Gasteiger partial charge in [0, 0.05) is 17.0 Å². The Hall–Kier alpha value is -1.36. The summed E-state index contributed by atoms with van der Waals surface area (Å²) < 4.78 is 25.3. The zero-order valence-electron chi connectivity index (χ0n) is 11.5. The van der Waals surface area contributed by atoms with Crippen molar-refractivity contribution in [1.82, 2.24) is 0 Å². The third-order valence-corrected chi connectivity index (χ3v) is 6.48. The topological polar surface area (TPSA) is 60.2 Å². The van der Waals surface area contributed by atoms with Crippen LogP contribution in [0, 0.1) is 6.92 Å². The fourth-order valence-electron chi connectivity index (χ4n) is 2.69. The van der Waals surface area contributed by atoms with E-state index in [0.29, 0.717) is 9.92 Å². The normalized spacial score (nSPS) is 24.8. The van der Waals surface area contributed by atoms with Crippen LogP contribution >= 0.6 is 11.6 Å². The molecule has 0 aromatic heterocycles. The van der Waals surface area contributed by atoms with Crippen molar-refractivity contribution in [3.63, 3.8) is 0 Å². The molecule has 1 aliphatic carbocycles. The average Bonchev–Trinajstić information content (AvgIpc) is 3.12. The summed E-state index contributed by atoms with van der Waals surface area (Å²) in [4.78, 5) is 0.338. The van der Waals surface area contributed by atoms with E-state index in [1.165, 1.54) is 0 Å². The lowest BCUT2D eigenvalue weighted by Gasteiger charge is -2.04. The molecular weight excluding hydrogens is 306 g/mol. The molecule has 0 spiro atoms. The summed E-state index contributed by atoms with van der Waals surface area (Å²) in [5.74, 6) is -0.159. The maximum atomic E-state index is 12.7. The number of rotatable bonds is 3. The summed E-state index contributed by atoms with van der Waals surface area (Å²) in [7, 11) is -3.40. The molecule has 3 nitrogen and oxygen atoms in total. The summed E-state index contributed by atoms with van der Waals surface area (Å²) in [6.07, 6.45) is 0. The van der Waals surface area contributed by atoms with Crippen LogP contribution in [0.25, 0.3) is 0 Å². The van der Waals surface area contributed by atoms with Gasteiger partial charge in [-0.3, -0.25) is 0 Å². The van der Waals surface area contributed by atoms with Crippen LogP contribution < -0.4 is 5.73 Å². The lowest BCUT2D eigenvalue weighted by atomic mass is 10.1. The van der Waals surface area contributed by atoms with Gasteiger partial charge in [-0.25, -0.2) is 8.42 Å². The van der Waals surface area contributed by atoms with Gasteiger partial charge in [-0.15, -0.1) is 0 Å². The van der Waals surface area contributed by atoms with E-state index < -0.39 is 15.1 Å². The Bertz CT molecular complexity index is 754. The van der Waals surface area contributed by atoms with Gasteiger partial charge >= 0.3 is 0 Å². The number of hydrogen-bond acceptors (Lipinski definition) is 3. The van der Waals surface area contributed by atoms with Crippen LogP contribution in [0.15, 0.2) is 53.4 Å². The fourth-order valence-corrected chi connectivity index (χ4v) is 4.86. The van der Waals surface area contributed by atoms with Crippen molar-refractivity contribution in [2.24, 2.45) is 5.73 Å². The molecule has 3 atom stereocenters. The minimum Gasteiger partial charge on any atom is -0.326 e. The van der Waals surface area contributed by atoms with Crippen molar-refractivity contribution in [3.8, 4) is 0 Å². The summed E-state index contributed by atoms with van der Waals surface area (Å²) >= 11 is 5.86. The first kappa shape index (κ1) is 14.6. The zero-order chi connectivity index (χ0) is 15.2. The summed E-state index contributed by atoms with van der Waals surface area (Å²) in [6, 6.07) is 13.8. The molecule has 1 fully saturated rings. The van der Waals surface area contributed by atoms with Gasteiger partial charge in [0.2, 0.25) is 0 Å². The molecule has 0 amide bonds. The van der Waals surface area contributed by atoms with Crippen molar-refractivity contribution in [2.45, 2.75) is 29.0 Å². The highest BCUT2D eigenvalue weighted by Crippen LogP contribution is 2.47. The third kappa shape index (κ3) is 2.59. The van der Waals surface area contributed by atoms with Crippen LogP contribution in [-0.4, -0.2) is 19.7 Å². The Morgan fingerprint density at radius 3 is 2.14 bits per heavy atom. The molecule has 0 heterocycles. The smallest absolute Gasteiger partial charge is 0.183 e. The van der Waals surface area contributed by atoms with E-state index in [0.717, 1.165) is 11.1 Å². The van der Waals surface area contributed by atoms with Gasteiger partial charge < -0.3 is 5.73 Å². The van der Waals surface area contributed by atoms with E-state index in [2.05, 4.69) is 0 Å². The van der Waals surface area contributed by atoms with Crippen LogP contribution in [-0.2, 0) is 9.84 Å². The highest BCUT2D eigenvalue weighted by Gasteiger charge is 2.57. The molecule has 2 aromatic carbocycles. The maximum Gasteiger partial charge on any atom is 0.183 e. The molecule has 0 bridgehead atoms. The van der Waals surface area contributed by atoms with Gasteiger partial charge in [0.1, 0.15) is 0 Å². The first-order valence-corrected chi connectivity index (χ1v) is 8.65. The molecule has 0 aliphatic heterocycles. The molecule has 2 aromatic rings. The lowest BCUT2D eigenvalue weighted by Crippen LogP contribution is -2.15. The van der Waals surface area contributed by atoms with Crippen molar-refractivity contribution in [3.05, 3.63) is 64.7 Å². The third-order valence-electron chi connectivity index (χ3n) is 3.97. The maximum absolute atomic E-state index is 12.7. The zero-order valence-corrected chi connectivity index (χ0v) is 13.1. The second-order valence-electron chi connectivity index (χ2n) is 5.48. The van der Waals surface area contributed by atoms with Crippen molar-refractivity contribution < 1.29 is 8.42 Å². The van der Waals surface area contributed by atoms with Gasteiger partial charge in [-0.2, -0.15) is 0 Å². The molecule has 0 unspecified atom stereocenters. The van der Waals surface area contributed by atoms with E-state index in [9.17, 15) is 8.42 Å². The largest absolute Gasteiger partial charge is 0.326 e. The van der Waals surface area contributed by atoms with Crippen LogP contribution in [0.4, 0.5) is 0 Å². The summed E-state index contributed by atoms with van der Waals surface area (Å²) in [6.45, 7) is 1.93. The summed E-state index contributed by atoms with van der Waals surface area (Å²) in [5.41, 5.74) is 7.98. The van der Waals surface area contributed by atoms with E-state index in [1.807, 2.05) is 19.1 Å². The minimum absolute atomic E-state index is 0.159. The number of halogens is 1. The van der Waals surface area contributed by atoms with Crippen LogP contribution in [0.2, 0.25) is 5.02 Å². The molecule has 0 radical (unpaired) electrons.